The van der Waals surface area contributed by atoms with Crippen molar-refractivity contribution < 1.29 is 4.39 Å². The third-order valence-electron chi connectivity index (χ3n) is 2.11. The lowest BCUT2D eigenvalue weighted by Gasteiger charge is -2.21. The van der Waals surface area contributed by atoms with Crippen molar-refractivity contribution in [2.75, 3.05) is 23.7 Å². The molecule has 1 rings (SSSR count). The van der Waals surface area contributed by atoms with E-state index in [0.29, 0.717) is 0 Å². The number of rotatable bonds is 3. The molecule has 0 aromatic heterocycles. The van der Waals surface area contributed by atoms with Crippen molar-refractivity contribution in [1.82, 2.24) is 0 Å². The molecule has 0 bridgehead atoms. The van der Waals surface area contributed by atoms with E-state index in [1.165, 1.54) is 6.07 Å². The molecule has 1 aromatic rings. The van der Waals surface area contributed by atoms with Gasteiger partial charge in [0.25, 0.3) is 0 Å². The van der Waals surface area contributed by atoms with Crippen LogP contribution in [0.4, 0.5) is 15.8 Å². The summed E-state index contributed by atoms with van der Waals surface area (Å²) in [7, 11) is 0. The number of anilines is 2. The molecule has 0 spiro atoms. The fourth-order valence-electron chi connectivity index (χ4n) is 1.30. The van der Waals surface area contributed by atoms with Gasteiger partial charge in [-0.25, -0.2) is 4.39 Å². The highest BCUT2D eigenvalue weighted by Crippen LogP contribution is 2.19. The SMILES string of the molecule is CCN(CC)c1ccc(N)c(F)c1. The lowest BCUT2D eigenvalue weighted by molar-refractivity contribution is 0.631. The Morgan fingerprint density at radius 1 is 1.31 bits per heavy atom. The van der Waals surface area contributed by atoms with Crippen LogP contribution >= 0.6 is 0 Å². The molecule has 0 amide bonds. The number of nitrogen functional groups attached to an aromatic ring is 1. The van der Waals surface area contributed by atoms with Gasteiger partial charge in [0.1, 0.15) is 5.82 Å². The third kappa shape index (κ3) is 2.11. The first-order valence-electron chi connectivity index (χ1n) is 4.49. The minimum atomic E-state index is -0.343. The summed E-state index contributed by atoms with van der Waals surface area (Å²) in [6.07, 6.45) is 0. The Hall–Kier alpha value is -1.25. The van der Waals surface area contributed by atoms with Gasteiger partial charge in [0, 0.05) is 18.8 Å². The highest BCUT2D eigenvalue weighted by atomic mass is 19.1. The summed E-state index contributed by atoms with van der Waals surface area (Å²) in [5.41, 5.74) is 6.47. The van der Waals surface area contributed by atoms with Crippen LogP contribution in [-0.2, 0) is 0 Å². The summed E-state index contributed by atoms with van der Waals surface area (Å²) < 4.78 is 13.1. The first-order valence-corrected chi connectivity index (χ1v) is 4.49. The molecule has 3 heteroatoms. The topological polar surface area (TPSA) is 29.3 Å². The quantitative estimate of drug-likeness (QED) is 0.726. The highest BCUT2D eigenvalue weighted by Gasteiger charge is 2.04. The fraction of sp³-hybridized carbons (Fsp3) is 0.400. The number of nitrogens with zero attached hydrogens (tertiary/aromatic N) is 1. The first-order chi connectivity index (χ1) is 6.19. The zero-order valence-electron chi connectivity index (χ0n) is 8.05. The van der Waals surface area contributed by atoms with Crippen molar-refractivity contribution in [3.63, 3.8) is 0 Å². The second kappa shape index (κ2) is 4.12. The molecule has 0 radical (unpaired) electrons. The number of hydrogen-bond donors (Lipinski definition) is 1. The normalized spacial score (nSPS) is 10.1. The third-order valence-corrected chi connectivity index (χ3v) is 2.11. The molecule has 0 aliphatic heterocycles. The Balaban J connectivity index is 2.95. The summed E-state index contributed by atoms with van der Waals surface area (Å²) in [5.74, 6) is -0.343. The van der Waals surface area contributed by atoms with Crippen molar-refractivity contribution in [2.45, 2.75) is 13.8 Å². The minimum Gasteiger partial charge on any atom is -0.396 e. The van der Waals surface area contributed by atoms with Crippen LogP contribution < -0.4 is 10.6 Å². The summed E-state index contributed by atoms with van der Waals surface area (Å²) in [4.78, 5) is 2.07. The fourth-order valence-corrected chi connectivity index (χ4v) is 1.30. The molecule has 0 aliphatic rings. The van der Waals surface area contributed by atoms with Crippen LogP contribution in [0.1, 0.15) is 13.8 Å². The maximum atomic E-state index is 13.1. The molecular weight excluding hydrogens is 167 g/mol. The van der Waals surface area contributed by atoms with Crippen molar-refractivity contribution in [3.05, 3.63) is 24.0 Å². The van der Waals surface area contributed by atoms with Crippen LogP contribution in [-0.4, -0.2) is 13.1 Å². The lowest BCUT2D eigenvalue weighted by atomic mass is 10.2. The van der Waals surface area contributed by atoms with E-state index in [1.54, 1.807) is 6.07 Å². The van der Waals surface area contributed by atoms with Gasteiger partial charge in [-0.2, -0.15) is 0 Å². The Morgan fingerprint density at radius 3 is 2.38 bits per heavy atom. The van der Waals surface area contributed by atoms with Crippen LogP contribution in [0, 0.1) is 5.82 Å². The zero-order chi connectivity index (χ0) is 9.84. The summed E-state index contributed by atoms with van der Waals surface area (Å²) in [6.45, 7) is 5.83. The van der Waals surface area contributed by atoms with Crippen LogP contribution in [0.25, 0.3) is 0 Å². The van der Waals surface area contributed by atoms with Crippen LogP contribution in [0.2, 0.25) is 0 Å². The molecule has 0 heterocycles. The van der Waals surface area contributed by atoms with E-state index in [9.17, 15) is 4.39 Å². The molecule has 2 N–H and O–H groups in total. The Bertz CT molecular complexity index is 282. The van der Waals surface area contributed by atoms with Crippen LogP contribution in [0.15, 0.2) is 18.2 Å². The molecule has 0 aliphatic carbocycles. The summed E-state index contributed by atoms with van der Waals surface area (Å²) in [6, 6.07) is 4.91. The Morgan fingerprint density at radius 2 is 1.92 bits per heavy atom. The highest BCUT2D eigenvalue weighted by molar-refractivity contribution is 5.53. The molecule has 13 heavy (non-hydrogen) atoms. The van der Waals surface area contributed by atoms with E-state index in [0.717, 1.165) is 18.8 Å². The van der Waals surface area contributed by atoms with Gasteiger partial charge < -0.3 is 10.6 Å². The Kier molecular flexibility index (Phi) is 3.12. The number of hydrogen-bond acceptors (Lipinski definition) is 2. The van der Waals surface area contributed by atoms with Gasteiger partial charge in [-0.3, -0.25) is 0 Å². The second-order valence-electron chi connectivity index (χ2n) is 2.88. The van der Waals surface area contributed by atoms with Gasteiger partial charge in [-0.05, 0) is 32.0 Å². The van der Waals surface area contributed by atoms with Crippen molar-refractivity contribution in [3.8, 4) is 0 Å². The van der Waals surface area contributed by atoms with Crippen molar-refractivity contribution >= 4 is 11.4 Å². The van der Waals surface area contributed by atoms with Gasteiger partial charge in [-0.15, -0.1) is 0 Å². The monoisotopic (exact) mass is 182 g/mol. The maximum absolute atomic E-state index is 13.1. The predicted octanol–water partition coefficient (Wildman–Crippen LogP) is 2.25. The first kappa shape index (κ1) is 9.84. The molecule has 0 saturated heterocycles. The Labute approximate surface area is 78.2 Å². The lowest BCUT2D eigenvalue weighted by Crippen LogP contribution is -2.21. The predicted molar refractivity (Wildman–Crippen MR) is 54.4 cm³/mol. The van der Waals surface area contributed by atoms with Crippen LogP contribution in [0.5, 0.6) is 0 Å². The molecule has 0 atom stereocenters. The summed E-state index contributed by atoms with van der Waals surface area (Å²) >= 11 is 0. The van der Waals surface area contributed by atoms with Gasteiger partial charge in [-0.1, -0.05) is 0 Å². The molecule has 0 unspecified atom stereocenters. The number of nitrogens with two attached hydrogens (primary N) is 1. The van der Waals surface area contributed by atoms with E-state index < -0.39 is 0 Å². The molecule has 2 nitrogen and oxygen atoms in total. The van der Waals surface area contributed by atoms with E-state index >= 15 is 0 Å². The molecule has 72 valence electrons. The van der Waals surface area contributed by atoms with Crippen molar-refractivity contribution in [1.29, 1.82) is 0 Å². The standard InChI is InChI=1S/C10H15FN2/c1-3-13(4-2)8-5-6-10(12)9(11)7-8/h5-7H,3-4,12H2,1-2H3. The van der Waals surface area contributed by atoms with Crippen LogP contribution in [0.3, 0.4) is 0 Å². The van der Waals surface area contributed by atoms with E-state index in [4.69, 9.17) is 5.73 Å². The average molecular weight is 182 g/mol. The molecular formula is C10H15FN2. The number of benzene rings is 1. The second-order valence-corrected chi connectivity index (χ2v) is 2.88. The largest absolute Gasteiger partial charge is 0.396 e. The van der Waals surface area contributed by atoms with Gasteiger partial charge in [0.05, 0.1) is 5.69 Å². The number of halogens is 1. The zero-order valence-corrected chi connectivity index (χ0v) is 8.05. The van der Waals surface area contributed by atoms with E-state index in [2.05, 4.69) is 4.90 Å². The molecule has 1 aromatic carbocycles. The van der Waals surface area contributed by atoms with Crippen molar-refractivity contribution in [2.24, 2.45) is 0 Å². The average Bonchev–Trinajstić information content (AvgIpc) is 2.13. The van der Waals surface area contributed by atoms with E-state index in [-0.39, 0.29) is 11.5 Å². The van der Waals surface area contributed by atoms with Gasteiger partial charge in [0.15, 0.2) is 0 Å². The van der Waals surface area contributed by atoms with E-state index in [1.807, 2.05) is 19.9 Å². The minimum absolute atomic E-state index is 0.205. The van der Waals surface area contributed by atoms with Gasteiger partial charge in [0.2, 0.25) is 0 Å². The summed E-state index contributed by atoms with van der Waals surface area (Å²) in [5, 5.41) is 0. The molecule has 0 fully saturated rings. The smallest absolute Gasteiger partial charge is 0.148 e. The maximum Gasteiger partial charge on any atom is 0.148 e. The van der Waals surface area contributed by atoms with Gasteiger partial charge >= 0.3 is 0 Å². The molecule has 0 saturated carbocycles.